The fourth-order valence-corrected chi connectivity index (χ4v) is 2.64. The lowest BCUT2D eigenvalue weighted by molar-refractivity contribution is -0.286. The van der Waals surface area contributed by atoms with Crippen molar-refractivity contribution in [3.05, 3.63) is 47.4 Å². The van der Waals surface area contributed by atoms with Gasteiger partial charge in [0.1, 0.15) is 0 Å². The fourth-order valence-electron chi connectivity index (χ4n) is 2.39. The minimum atomic E-state index is -3.75. The van der Waals surface area contributed by atoms with Crippen LogP contribution in [0.5, 0.6) is 11.5 Å². The number of halogens is 3. The summed E-state index contributed by atoms with van der Waals surface area (Å²) in [5, 5.41) is 2.63. The summed E-state index contributed by atoms with van der Waals surface area (Å²) in [4.78, 5) is 24.1. The van der Waals surface area contributed by atoms with E-state index in [0.29, 0.717) is 11.3 Å². The zero-order valence-electron chi connectivity index (χ0n) is 13.5. The second-order valence-corrected chi connectivity index (χ2v) is 5.86. The summed E-state index contributed by atoms with van der Waals surface area (Å²) < 4.78 is 40.0. The number of fused-ring (bicyclic) bond motifs is 1. The van der Waals surface area contributed by atoms with Gasteiger partial charge in [-0.25, -0.2) is 9.97 Å². The van der Waals surface area contributed by atoms with Crippen LogP contribution >= 0.6 is 11.6 Å². The highest BCUT2D eigenvalue weighted by molar-refractivity contribution is 6.33. The Morgan fingerprint density at radius 2 is 1.89 bits per heavy atom. The number of nitrogens with zero attached hydrogens (tertiary/aromatic N) is 3. The largest absolute Gasteiger partial charge is 0.586 e. The van der Waals surface area contributed by atoms with Crippen molar-refractivity contribution in [1.82, 2.24) is 15.0 Å². The van der Waals surface area contributed by atoms with E-state index in [4.69, 9.17) is 16.0 Å². The molecule has 0 saturated heterocycles. The first-order valence-corrected chi connectivity index (χ1v) is 7.83. The molecule has 0 fully saturated rings. The molecule has 138 valence electrons. The number of carbonyl (C=O) groups excluding carboxylic acids is 1. The number of rotatable bonds is 3. The highest BCUT2D eigenvalue weighted by Crippen LogP contribution is 2.45. The van der Waals surface area contributed by atoms with E-state index in [-0.39, 0.29) is 33.8 Å². The van der Waals surface area contributed by atoms with Crippen molar-refractivity contribution in [2.45, 2.75) is 13.2 Å². The number of carbonyl (C=O) groups is 1. The number of anilines is 1. The van der Waals surface area contributed by atoms with E-state index in [2.05, 4.69) is 29.7 Å². The number of aromatic nitrogens is 3. The molecule has 27 heavy (non-hydrogen) atoms. The minimum absolute atomic E-state index is 0.0561. The summed E-state index contributed by atoms with van der Waals surface area (Å²) in [6, 6.07) is 2.48. The smallest absolute Gasteiger partial charge is 0.438 e. The van der Waals surface area contributed by atoms with Gasteiger partial charge in [-0.05, 0) is 13.0 Å². The zero-order chi connectivity index (χ0) is 19.2. The quantitative estimate of drug-likeness (QED) is 0.723. The Hall–Kier alpha value is -3.27. The van der Waals surface area contributed by atoms with Gasteiger partial charge in [0.05, 0.1) is 28.8 Å². The summed E-state index contributed by atoms with van der Waals surface area (Å²) in [5.74, 6) is -0.661. The first kappa shape index (κ1) is 17.2. The molecule has 8 nitrogen and oxygen atoms in total. The molecular formula is C16H9ClF2N4O4. The number of alkyl halides is 2. The van der Waals surface area contributed by atoms with Crippen LogP contribution in [0.1, 0.15) is 16.2 Å². The van der Waals surface area contributed by atoms with Gasteiger partial charge in [-0.1, -0.05) is 11.6 Å². The van der Waals surface area contributed by atoms with Crippen LogP contribution in [-0.2, 0) is 0 Å². The van der Waals surface area contributed by atoms with Crippen molar-refractivity contribution in [2.75, 3.05) is 5.32 Å². The Balaban J connectivity index is 1.57. The molecule has 1 N–H and O–H groups in total. The third kappa shape index (κ3) is 3.26. The van der Waals surface area contributed by atoms with E-state index in [1.165, 1.54) is 24.5 Å². The molecule has 1 aromatic carbocycles. The molecule has 3 heterocycles. The standard InChI is InChI=1S/C16H9ClF2N4O4/c1-7-14(25-6-22-7)15(24)23-13-5-20-10(4-21-13)8-2-11-12(3-9(8)17)27-16(18,19)26-11/h2-6H,1H3,(H,21,23,24). The lowest BCUT2D eigenvalue weighted by Gasteiger charge is -2.06. The van der Waals surface area contributed by atoms with Gasteiger partial charge in [0.15, 0.2) is 23.7 Å². The van der Waals surface area contributed by atoms with Crippen molar-refractivity contribution < 1.29 is 27.5 Å². The summed E-state index contributed by atoms with van der Waals surface area (Å²) in [5.41, 5.74) is 1.03. The van der Waals surface area contributed by atoms with Crippen molar-refractivity contribution in [3.63, 3.8) is 0 Å². The Kier molecular flexibility index (Phi) is 3.92. The van der Waals surface area contributed by atoms with Gasteiger partial charge in [0.25, 0.3) is 5.91 Å². The van der Waals surface area contributed by atoms with Gasteiger partial charge in [0.2, 0.25) is 5.76 Å². The van der Waals surface area contributed by atoms with Crippen molar-refractivity contribution in [3.8, 4) is 22.8 Å². The molecule has 0 atom stereocenters. The van der Waals surface area contributed by atoms with E-state index in [9.17, 15) is 13.6 Å². The Morgan fingerprint density at radius 3 is 2.52 bits per heavy atom. The number of amides is 1. The predicted molar refractivity (Wildman–Crippen MR) is 87.9 cm³/mol. The molecule has 3 aromatic rings. The average molecular weight is 395 g/mol. The topological polar surface area (TPSA) is 99.4 Å². The monoisotopic (exact) mass is 394 g/mol. The van der Waals surface area contributed by atoms with E-state index < -0.39 is 12.2 Å². The molecule has 4 rings (SSSR count). The van der Waals surface area contributed by atoms with Gasteiger partial charge in [-0.2, -0.15) is 0 Å². The number of ether oxygens (including phenoxy) is 2. The third-order valence-corrected chi connectivity index (χ3v) is 3.92. The summed E-state index contributed by atoms with van der Waals surface area (Å²) in [7, 11) is 0. The molecule has 0 saturated carbocycles. The molecule has 0 bridgehead atoms. The molecule has 0 unspecified atom stereocenters. The maximum Gasteiger partial charge on any atom is 0.586 e. The Bertz CT molecular complexity index is 1040. The van der Waals surface area contributed by atoms with Crippen molar-refractivity contribution in [2.24, 2.45) is 0 Å². The predicted octanol–water partition coefficient (Wildman–Crippen LogP) is 3.67. The molecular weight excluding hydrogens is 386 g/mol. The first-order valence-electron chi connectivity index (χ1n) is 7.45. The van der Waals surface area contributed by atoms with E-state index in [1.807, 2.05) is 0 Å². The normalized spacial score (nSPS) is 14.2. The number of hydrogen-bond donors (Lipinski definition) is 1. The van der Waals surface area contributed by atoms with Crippen LogP contribution in [0.15, 0.2) is 35.3 Å². The van der Waals surface area contributed by atoms with Gasteiger partial charge in [0, 0.05) is 11.6 Å². The molecule has 0 spiro atoms. The van der Waals surface area contributed by atoms with Crippen LogP contribution in [0.3, 0.4) is 0 Å². The van der Waals surface area contributed by atoms with Crippen LogP contribution in [0, 0.1) is 6.92 Å². The van der Waals surface area contributed by atoms with Crippen molar-refractivity contribution >= 4 is 23.3 Å². The Labute approximate surface area is 155 Å². The molecule has 0 aliphatic carbocycles. The van der Waals surface area contributed by atoms with Gasteiger partial charge >= 0.3 is 6.29 Å². The molecule has 1 aliphatic heterocycles. The van der Waals surface area contributed by atoms with E-state index in [0.717, 1.165) is 6.39 Å². The van der Waals surface area contributed by atoms with Gasteiger partial charge < -0.3 is 19.2 Å². The molecule has 0 radical (unpaired) electrons. The summed E-state index contributed by atoms with van der Waals surface area (Å²) >= 11 is 6.11. The van der Waals surface area contributed by atoms with Crippen LogP contribution in [0.4, 0.5) is 14.6 Å². The second kappa shape index (κ2) is 6.16. The third-order valence-electron chi connectivity index (χ3n) is 3.61. The van der Waals surface area contributed by atoms with Crippen LogP contribution in [0.2, 0.25) is 5.02 Å². The van der Waals surface area contributed by atoms with Crippen LogP contribution in [-0.4, -0.2) is 27.2 Å². The van der Waals surface area contributed by atoms with Crippen molar-refractivity contribution in [1.29, 1.82) is 0 Å². The lowest BCUT2D eigenvalue weighted by Crippen LogP contribution is -2.25. The number of hydrogen-bond acceptors (Lipinski definition) is 7. The number of aryl methyl sites for hydroxylation is 1. The summed E-state index contributed by atoms with van der Waals surface area (Å²) in [6.45, 7) is 1.62. The van der Waals surface area contributed by atoms with Crippen LogP contribution in [0.25, 0.3) is 11.3 Å². The van der Waals surface area contributed by atoms with E-state index >= 15 is 0 Å². The Morgan fingerprint density at radius 1 is 1.15 bits per heavy atom. The summed E-state index contributed by atoms with van der Waals surface area (Å²) in [6.07, 6.45) is 0.0198. The second-order valence-electron chi connectivity index (χ2n) is 5.45. The fraction of sp³-hybridized carbons (Fsp3) is 0.125. The van der Waals surface area contributed by atoms with Gasteiger partial charge in [-0.15, -0.1) is 8.78 Å². The lowest BCUT2D eigenvalue weighted by atomic mass is 10.1. The minimum Gasteiger partial charge on any atom is -0.438 e. The highest BCUT2D eigenvalue weighted by Gasteiger charge is 2.43. The molecule has 1 aliphatic rings. The van der Waals surface area contributed by atoms with E-state index in [1.54, 1.807) is 6.92 Å². The zero-order valence-corrected chi connectivity index (χ0v) is 14.3. The van der Waals surface area contributed by atoms with Gasteiger partial charge in [-0.3, -0.25) is 9.78 Å². The molecule has 2 aromatic heterocycles. The highest BCUT2D eigenvalue weighted by atomic mass is 35.5. The average Bonchev–Trinajstić information content (AvgIpc) is 3.16. The van der Waals surface area contributed by atoms with Crippen LogP contribution < -0.4 is 14.8 Å². The number of nitrogens with one attached hydrogen (secondary N) is 1. The number of benzene rings is 1. The maximum absolute atomic E-state index is 13.2. The SMILES string of the molecule is Cc1ncoc1C(=O)Nc1cnc(-c2cc3c(cc2Cl)OC(F)(F)O3)cn1. The molecule has 1 amide bonds. The number of oxazole rings is 1. The molecule has 11 heteroatoms. The maximum atomic E-state index is 13.2. The first-order chi connectivity index (χ1) is 12.8.